The van der Waals surface area contributed by atoms with Crippen LogP contribution in [0.2, 0.25) is 0 Å². The number of amides is 1. The number of hydrogen-bond acceptors (Lipinski definition) is 3. The summed E-state index contributed by atoms with van der Waals surface area (Å²) in [5.74, 6) is 0.265. The van der Waals surface area contributed by atoms with Gasteiger partial charge in [0.05, 0.1) is 11.1 Å². The van der Waals surface area contributed by atoms with Gasteiger partial charge in [-0.05, 0) is 30.9 Å². The Balaban J connectivity index is 1.72. The maximum absolute atomic E-state index is 12.4. The third kappa shape index (κ3) is 3.16. The molecule has 5 heteroatoms. The molecule has 1 aliphatic carbocycles. The average Bonchev–Trinajstić information content (AvgIpc) is 2.53. The normalized spacial score (nSPS) is 22.1. The summed E-state index contributed by atoms with van der Waals surface area (Å²) in [5.41, 5.74) is 1.95. The van der Waals surface area contributed by atoms with Crippen LogP contribution in [0.3, 0.4) is 0 Å². The maximum atomic E-state index is 12.4. The smallest absolute Gasteiger partial charge is 0.253 e. The summed E-state index contributed by atoms with van der Waals surface area (Å²) in [5, 5.41) is 3.17. The first-order chi connectivity index (χ1) is 10.3. The van der Waals surface area contributed by atoms with Crippen LogP contribution in [0.4, 0.5) is 0 Å². The second-order valence-electron chi connectivity index (χ2n) is 5.50. The molecular formula is C16H18ClN3O. The van der Waals surface area contributed by atoms with Crippen molar-refractivity contribution in [3.05, 3.63) is 36.2 Å². The molecule has 110 valence electrons. The molecule has 21 heavy (non-hydrogen) atoms. The molecular weight excluding hydrogens is 286 g/mol. The number of alkyl halides is 1. The van der Waals surface area contributed by atoms with Crippen molar-refractivity contribution in [2.75, 3.05) is 6.54 Å². The number of halogens is 1. The van der Waals surface area contributed by atoms with E-state index in [1.165, 1.54) is 12.8 Å². The third-order valence-electron chi connectivity index (χ3n) is 4.08. The minimum atomic E-state index is -0.101. The Kier molecular flexibility index (Phi) is 4.34. The number of rotatable bonds is 3. The summed E-state index contributed by atoms with van der Waals surface area (Å²) in [7, 11) is 0. The second kappa shape index (κ2) is 6.39. The third-order valence-corrected chi connectivity index (χ3v) is 4.66. The Bertz CT molecular complexity index is 641. The summed E-state index contributed by atoms with van der Waals surface area (Å²) >= 11 is 6.33. The van der Waals surface area contributed by atoms with Crippen LogP contribution in [0.1, 0.15) is 36.0 Å². The van der Waals surface area contributed by atoms with E-state index >= 15 is 0 Å². The molecule has 1 aromatic carbocycles. The van der Waals surface area contributed by atoms with Gasteiger partial charge < -0.3 is 5.32 Å². The van der Waals surface area contributed by atoms with Crippen LogP contribution in [0.15, 0.2) is 30.6 Å². The van der Waals surface area contributed by atoms with E-state index in [9.17, 15) is 4.79 Å². The molecule has 1 aliphatic rings. The minimum absolute atomic E-state index is 0.101. The molecule has 0 bridgehead atoms. The first kappa shape index (κ1) is 14.3. The molecule has 4 nitrogen and oxygen atoms in total. The zero-order valence-corrected chi connectivity index (χ0v) is 12.5. The van der Waals surface area contributed by atoms with Crippen LogP contribution < -0.4 is 5.32 Å². The molecule has 1 aromatic heterocycles. The Labute approximate surface area is 128 Å². The van der Waals surface area contributed by atoms with Gasteiger partial charge in [-0.2, -0.15) is 0 Å². The van der Waals surface area contributed by atoms with Crippen LogP contribution in [-0.4, -0.2) is 27.8 Å². The summed E-state index contributed by atoms with van der Waals surface area (Å²) in [6.07, 6.45) is 7.76. The van der Waals surface area contributed by atoms with Gasteiger partial charge in [0.2, 0.25) is 0 Å². The number of hydrogen-bond donors (Lipinski definition) is 1. The Morgan fingerprint density at radius 1 is 1.24 bits per heavy atom. The van der Waals surface area contributed by atoms with Crippen molar-refractivity contribution in [2.45, 2.75) is 31.1 Å². The number of fused-ring (bicyclic) bond motifs is 1. The van der Waals surface area contributed by atoms with Gasteiger partial charge in [0, 0.05) is 24.3 Å². The summed E-state index contributed by atoms with van der Waals surface area (Å²) in [4.78, 5) is 20.9. The highest BCUT2D eigenvalue weighted by Gasteiger charge is 2.23. The molecule has 1 N–H and O–H groups in total. The lowest BCUT2D eigenvalue weighted by molar-refractivity contribution is 0.0945. The van der Waals surface area contributed by atoms with E-state index in [4.69, 9.17) is 11.6 Å². The fourth-order valence-corrected chi connectivity index (χ4v) is 3.26. The standard InChI is InChI=1S/C16H18ClN3O/c17-13-6-2-1-4-11(13)10-20-16(21)12-5-3-7-14-15(12)19-9-8-18-14/h3,5,7-9,11,13H,1-2,4,6,10H2,(H,20,21). The second-order valence-corrected chi connectivity index (χ2v) is 6.06. The largest absolute Gasteiger partial charge is 0.352 e. The van der Waals surface area contributed by atoms with Crippen LogP contribution in [0.5, 0.6) is 0 Å². The molecule has 1 saturated carbocycles. The molecule has 2 atom stereocenters. The Hall–Kier alpha value is -1.68. The quantitative estimate of drug-likeness (QED) is 0.886. The first-order valence-corrected chi connectivity index (χ1v) is 7.81. The number of benzene rings is 1. The predicted octanol–water partition coefficient (Wildman–Crippen LogP) is 3.16. The molecule has 2 unspecified atom stereocenters. The fraction of sp³-hybridized carbons (Fsp3) is 0.438. The van der Waals surface area contributed by atoms with Gasteiger partial charge in [-0.25, -0.2) is 0 Å². The van der Waals surface area contributed by atoms with E-state index in [1.807, 2.05) is 12.1 Å². The molecule has 1 heterocycles. The number of aromatic nitrogens is 2. The predicted molar refractivity (Wildman–Crippen MR) is 83.5 cm³/mol. The van der Waals surface area contributed by atoms with E-state index in [0.717, 1.165) is 18.4 Å². The molecule has 1 amide bonds. The first-order valence-electron chi connectivity index (χ1n) is 7.37. The van der Waals surface area contributed by atoms with Crippen molar-refractivity contribution in [1.29, 1.82) is 0 Å². The van der Waals surface area contributed by atoms with Crippen molar-refractivity contribution in [3.8, 4) is 0 Å². The van der Waals surface area contributed by atoms with Crippen molar-refractivity contribution >= 4 is 28.5 Å². The van der Waals surface area contributed by atoms with Gasteiger partial charge in [0.1, 0.15) is 5.52 Å². The van der Waals surface area contributed by atoms with Gasteiger partial charge >= 0.3 is 0 Å². The lowest BCUT2D eigenvalue weighted by Crippen LogP contribution is -2.34. The lowest BCUT2D eigenvalue weighted by Gasteiger charge is -2.27. The molecule has 0 spiro atoms. The molecule has 0 radical (unpaired) electrons. The average molecular weight is 304 g/mol. The van der Waals surface area contributed by atoms with E-state index in [1.54, 1.807) is 18.5 Å². The highest BCUT2D eigenvalue weighted by molar-refractivity contribution is 6.20. The molecule has 2 aromatic rings. The molecule has 0 saturated heterocycles. The number of carbonyl (C=O) groups is 1. The highest BCUT2D eigenvalue weighted by Crippen LogP contribution is 2.28. The highest BCUT2D eigenvalue weighted by atomic mass is 35.5. The molecule has 3 rings (SSSR count). The van der Waals surface area contributed by atoms with Gasteiger partial charge in [-0.1, -0.05) is 18.9 Å². The van der Waals surface area contributed by atoms with E-state index < -0.39 is 0 Å². The fourth-order valence-electron chi connectivity index (χ4n) is 2.89. The van der Waals surface area contributed by atoms with Gasteiger partial charge in [-0.3, -0.25) is 14.8 Å². The van der Waals surface area contributed by atoms with E-state index in [0.29, 0.717) is 23.5 Å². The minimum Gasteiger partial charge on any atom is -0.352 e. The van der Waals surface area contributed by atoms with Crippen molar-refractivity contribution < 1.29 is 4.79 Å². The zero-order chi connectivity index (χ0) is 14.7. The summed E-state index contributed by atoms with van der Waals surface area (Å²) in [6, 6.07) is 5.47. The monoisotopic (exact) mass is 303 g/mol. The van der Waals surface area contributed by atoms with Gasteiger partial charge in [0.15, 0.2) is 0 Å². The van der Waals surface area contributed by atoms with Gasteiger partial charge in [0.25, 0.3) is 5.91 Å². The maximum Gasteiger partial charge on any atom is 0.253 e. The van der Waals surface area contributed by atoms with Crippen LogP contribution >= 0.6 is 11.6 Å². The topological polar surface area (TPSA) is 54.9 Å². The summed E-state index contributed by atoms with van der Waals surface area (Å²) in [6.45, 7) is 0.629. The molecule has 0 aliphatic heterocycles. The lowest BCUT2D eigenvalue weighted by atomic mass is 9.88. The molecule has 1 fully saturated rings. The van der Waals surface area contributed by atoms with Crippen LogP contribution in [0, 0.1) is 5.92 Å². The van der Waals surface area contributed by atoms with Crippen LogP contribution in [-0.2, 0) is 0 Å². The summed E-state index contributed by atoms with van der Waals surface area (Å²) < 4.78 is 0. The Morgan fingerprint density at radius 3 is 2.90 bits per heavy atom. The number of nitrogens with one attached hydrogen (secondary N) is 1. The van der Waals surface area contributed by atoms with Crippen LogP contribution in [0.25, 0.3) is 11.0 Å². The number of nitrogens with zero attached hydrogens (tertiary/aromatic N) is 2. The number of para-hydroxylation sites is 1. The van der Waals surface area contributed by atoms with Gasteiger partial charge in [-0.15, -0.1) is 11.6 Å². The van der Waals surface area contributed by atoms with E-state index in [-0.39, 0.29) is 11.3 Å². The van der Waals surface area contributed by atoms with E-state index in [2.05, 4.69) is 15.3 Å². The van der Waals surface area contributed by atoms with Crippen molar-refractivity contribution in [3.63, 3.8) is 0 Å². The Morgan fingerprint density at radius 2 is 2.05 bits per heavy atom. The van der Waals surface area contributed by atoms with Crippen molar-refractivity contribution in [2.24, 2.45) is 5.92 Å². The zero-order valence-electron chi connectivity index (χ0n) is 11.8. The SMILES string of the molecule is O=C(NCC1CCCCC1Cl)c1cccc2nccnc12. The number of carbonyl (C=O) groups excluding carboxylic acids is 1. The van der Waals surface area contributed by atoms with Crippen molar-refractivity contribution in [1.82, 2.24) is 15.3 Å².